The summed E-state index contributed by atoms with van der Waals surface area (Å²) in [5.41, 5.74) is -0.351. The number of anilines is 2. The molecule has 0 radical (unpaired) electrons. The van der Waals surface area contributed by atoms with Crippen molar-refractivity contribution in [1.29, 1.82) is 0 Å². The zero-order valence-corrected chi connectivity index (χ0v) is 18.7. The topological polar surface area (TPSA) is 83.5 Å². The normalized spacial score (nSPS) is 15.2. The highest BCUT2D eigenvalue weighted by atomic mass is 19.4. The van der Waals surface area contributed by atoms with Gasteiger partial charge in [0.2, 0.25) is 6.41 Å². The summed E-state index contributed by atoms with van der Waals surface area (Å²) in [6.45, 7) is 0.278. The molecule has 0 atom stereocenters. The Kier molecular flexibility index (Phi) is 7.89. The van der Waals surface area contributed by atoms with Crippen LogP contribution in [-0.2, 0) is 9.53 Å². The lowest BCUT2D eigenvalue weighted by Crippen LogP contribution is -2.42. The van der Waals surface area contributed by atoms with Gasteiger partial charge >= 0.3 is 6.18 Å². The van der Waals surface area contributed by atoms with Gasteiger partial charge in [0, 0.05) is 18.8 Å². The Morgan fingerprint density at radius 1 is 1.29 bits per heavy atom. The molecule has 13 heteroatoms. The summed E-state index contributed by atoms with van der Waals surface area (Å²) in [6.07, 6.45) is -4.22. The summed E-state index contributed by atoms with van der Waals surface area (Å²) >= 11 is 0. The third kappa shape index (κ3) is 6.66. The first kappa shape index (κ1) is 25.9. The molecule has 8 nitrogen and oxygen atoms in total. The Bertz CT molecular complexity index is 1140. The average molecular weight is 500 g/mol. The van der Waals surface area contributed by atoms with E-state index in [4.69, 9.17) is 9.47 Å². The predicted octanol–water partition coefficient (Wildman–Crippen LogP) is 3.70. The lowest BCUT2D eigenvalue weighted by atomic mass is 10.1. The van der Waals surface area contributed by atoms with Crippen molar-refractivity contribution in [2.24, 2.45) is 5.10 Å². The van der Waals surface area contributed by atoms with Crippen molar-refractivity contribution < 1.29 is 41.0 Å². The number of carbonyl (C=O) groups is 2. The number of aryl methyl sites for hydroxylation is 1. The van der Waals surface area contributed by atoms with Gasteiger partial charge in [-0.2, -0.15) is 18.3 Å². The van der Waals surface area contributed by atoms with Gasteiger partial charge in [-0.3, -0.25) is 19.5 Å². The second-order valence-corrected chi connectivity index (χ2v) is 7.51. The highest BCUT2D eigenvalue weighted by molar-refractivity contribution is 6.07. The molecule has 1 aliphatic rings. The van der Waals surface area contributed by atoms with E-state index >= 15 is 0 Å². The minimum atomic E-state index is -4.74. The Morgan fingerprint density at radius 2 is 2.03 bits per heavy atom. The first-order valence-corrected chi connectivity index (χ1v) is 10.2. The molecule has 1 fully saturated rings. The highest BCUT2D eigenvalue weighted by Crippen LogP contribution is 2.31. The molecule has 2 aromatic rings. The number of amidine groups is 1. The van der Waals surface area contributed by atoms with Crippen LogP contribution in [0.3, 0.4) is 0 Å². The summed E-state index contributed by atoms with van der Waals surface area (Å²) < 4.78 is 77.0. The minimum Gasteiger partial charge on any atom is -0.483 e. The summed E-state index contributed by atoms with van der Waals surface area (Å²) in [6, 6.07) is 5.15. The van der Waals surface area contributed by atoms with E-state index in [0.717, 1.165) is 23.2 Å². The van der Waals surface area contributed by atoms with E-state index in [1.165, 1.54) is 18.0 Å². The molecule has 0 aliphatic carbocycles. The molecule has 1 N–H and O–H groups in total. The molecule has 188 valence electrons. The second kappa shape index (κ2) is 10.7. The van der Waals surface area contributed by atoms with Gasteiger partial charge in [-0.25, -0.2) is 8.78 Å². The second-order valence-electron chi connectivity index (χ2n) is 7.51. The minimum absolute atomic E-state index is 0.0460. The number of carbonyl (C=O) groups excluding carboxylic acids is 2. The maximum absolute atomic E-state index is 15.0. The number of benzene rings is 2. The fraction of sp³-hybridized carbons (Fsp3) is 0.318. The van der Waals surface area contributed by atoms with Crippen molar-refractivity contribution in [1.82, 2.24) is 4.90 Å². The molecule has 3 rings (SSSR count). The van der Waals surface area contributed by atoms with E-state index in [-0.39, 0.29) is 37.0 Å². The van der Waals surface area contributed by atoms with E-state index < -0.39 is 41.6 Å². The summed E-state index contributed by atoms with van der Waals surface area (Å²) in [5.74, 6) is -3.11. The Hall–Kier alpha value is -3.74. The molecule has 35 heavy (non-hydrogen) atoms. The molecule has 0 spiro atoms. The smallest absolute Gasteiger partial charge is 0.422 e. The van der Waals surface area contributed by atoms with Crippen LogP contribution in [0.1, 0.15) is 15.9 Å². The maximum atomic E-state index is 15.0. The standard InChI is InChI=1S/C22H21F5N4O4/c1-13-3-4-14(23)7-17(13)28-21(33)15-8-16(24)18(9-19(15)35-11-22(25,26)27)30(2)29-20-10-34-6-5-31(20)12-32/h3-4,7-9,12H,5-6,10-11H2,1-2H3,(H,28,33)/b29-20-. The van der Waals surface area contributed by atoms with Crippen LogP contribution in [0.2, 0.25) is 0 Å². The van der Waals surface area contributed by atoms with E-state index in [1.807, 2.05) is 0 Å². The Balaban J connectivity index is 1.97. The van der Waals surface area contributed by atoms with Gasteiger partial charge in [0.05, 0.1) is 24.4 Å². The van der Waals surface area contributed by atoms with Crippen molar-refractivity contribution >= 4 is 29.5 Å². The Morgan fingerprint density at radius 3 is 2.71 bits per heavy atom. The van der Waals surface area contributed by atoms with E-state index in [9.17, 15) is 31.5 Å². The predicted molar refractivity (Wildman–Crippen MR) is 116 cm³/mol. The van der Waals surface area contributed by atoms with Gasteiger partial charge < -0.3 is 14.8 Å². The van der Waals surface area contributed by atoms with Crippen LogP contribution < -0.4 is 15.1 Å². The van der Waals surface area contributed by atoms with Crippen molar-refractivity contribution in [2.45, 2.75) is 13.1 Å². The number of nitrogens with one attached hydrogen (secondary N) is 1. The third-order valence-electron chi connectivity index (χ3n) is 4.91. The van der Waals surface area contributed by atoms with E-state index in [2.05, 4.69) is 10.4 Å². The molecule has 1 heterocycles. The fourth-order valence-electron chi connectivity index (χ4n) is 3.13. The Labute approximate surface area is 196 Å². The van der Waals surface area contributed by atoms with Gasteiger partial charge in [0.25, 0.3) is 5.91 Å². The molecule has 1 aliphatic heterocycles. The molecule has 1 saturated heterocycles. The monoisotopic (exact) mass is 500 g/mol. The lowest BCUT2D eigenvalue weighted by Gasteiger charge is -2.26. The quantitative estimate of drug-likeness (QED) is 0.356. The molecule has 0 aromatic heterocycles. The van der Waals surface area contributed by atoms with Gasteiger partial charge in [0.15, 0.2) is 12.4 Å². The van der Waals surface area contributed by atoms with Crippen LogP contribution in [0.5, 0.6) is 5.75 Å². The number of amides is 2. The van der Waals surface area contributed by atoms with Crippen LogP contribution in [0.15, 0.2) is 35.4 Å². The van der Waals surface area contributed by atoms with Crippen LogP contribution in [-0.4, -0.2) is 62.6 Å². The van der Waals surface area contributed by atoms with Gasteiger partial charge in [-0.1, -0.05) is 6.07 Å². The van der Waals surface area contributed by atoms with Crippen LogP contribution >= 0.6 is 0 Å². The molecule has 2 amide bonds. The number of nitrogens with zero attached hydrogens (tertiary/aromatic N) is 3. The SMILES string of the molecule is Cc1ccc(F)cc1NC(=O)c1cc(F)c(N(C)/N=C2/COCCN2C=O)cc1OCC(F)(F)F. The van der Waals surface area contributed by atoms with Gasteiger partial charge in [0.1, 0.15) is 24.0 Å². The van der Waals surface area contributed by atoms with E-state index in [1.54, 1.807) is 6.92 Å². The molecule has 0 saturated carbocycles. The lowest BCUT2D eigenvalue weighted by molar-refractivity contribution is -0.153. The number of rotatable bonds is 7. The first-order valence-electron chi connectivity index (χ1n) is 10.2. The molecule has 2 aromatic carbocycles. The van der Waals surface area contributed by atoms with Crippen molar-refractivity contribution in [3.63, 3.8) is 0 Å². The number of halogens is 5. The average Bonchev–Trinajstić information content (AvgIpc) is 2.80. The van der Waals surface area contributed by atoms with Crippen molar-refractivity contribution in [3.05, 3.63) is 53.1 Å². The summed E-state index contributed by atoms with van der Waals surface area (Å²) in [4.78, 5) is 25.2. The van der Waals surface area contributed by atoms with Crippen molar-refractivity contribution in [3.8, 4) is 5.75 Å². The maximum Gasteiger partial charge on any atom is 0.422 e. The zero-order valence-electron chi connectivity index (χ0n) is 18.7. The molecular weight excluding hydrogens is 479 g/mol. The highest BCUT2D eigenvalue weighted by Gasteiger charge is 2.30. The number of hydrogen-bond acceptors (Lipinski definition) is 6. The van der Waals surface area contributed by atoms with Crippen LogP contribution in [0.25, 0.3) is 0 Å². The number of hydrogen-bond donors (Lipinski definition) is 1. The fourth-order valence-corrected chi connectivity index (χ4v) is 3.13. The molecule has 0 bridgehead atoms. The van der Waals surface area contributed by atoms with Crippen molar-refractivity contribution in [2.75, 3.05) is 43.7 Å². The number of morpholine rings is 1. The largest absolute Gasteiger partial charge is 0.483 e. The summed E-state index contributed by atoms with van der Waals surface area (Å²) in [5, 5.41) is 7.42. The first-order chi connectivity index (χ1) is 16.5. The third-order valence-corrected chi connectivity index (χ3v) is 4.91. The molecular formula is C22H21F5N4O4. The zero-order chi connectivity index (χ0) is 25.8. The van der Waals surface area contributed by atoms with Gasteiger partial charge in [-0.15, -0.1) is 0 Å². The number of alkyl halides is 3. The van der Waals surface area contributed by atoms with E-state index in [0.29, 0.717) is 18.0 Å². The van der Waals surface area contributed by atoms with Crippen LogP contribution in [0, 0.1) is 18.6 Å². The van der Waals surface area contributed by atoms with Gasteiger partial charge in [-0.05, 0) is 30.7 Å². The summed E-state index contributed by atoms with van der Waals surface area (Å²) in [7, 11) is 1.30. The number of ether oxygens (including phenoxy) is 2. The number of hydrazone groups is 1. The van der Waals surface area contributed by atoms with Crippen LogP contribution in [0.4, 0.5) is 33.3 Å². The molecule has 0 unspecified atom stereocenters.